The van der Waals surface area contributed by atoms with Gasteiger partial charge in [-0.05, 0) is 43.3 Å². The van der Waals surface area contributed by atoms with E-state index < -0.39 is 16.0 Å². The van der Waals surface area contributed by atoms with Crippen LogP contribution in [0.4, 0.5) is 5.69 Å². The molecule has 0 aliphatic heterocycles. The summed E-state index contributed by atoms with van der Waals surface area (Å²) in [7, 11) is -2.24. The summed E-state index contributed by atoms with van der Waals surface area (Å²) >= 11 is 6.88. The van der Waals surface area contributed by atoms with Crippen molar-refractivity contribution >= 4 is 44.8 Å². The van der Waals surface area contributed by atoms with Crippen LogP contribution in [-0.4, -0.2) is 31.0 Å². The van der Waals surface area contributed by atoms with E-state index >= 15 is 0 Å². The van der Waals surface area contributed by atoms with Crippen molar-refractivity contribution in [3.8, 4) is 0 Å². The number of hydrogen-bond acceptors (Lipinski definition) is 7. The van der Waals surface area contributed by atoms with Crippen molar-refractivity contribution in [2.75, 3.05) is 11.4 Å². The van der Waals surface area contributed by atoms with E-state index in [1.54, 1.807) is 36.4 Å². The summed E-state index contributed by atoms with van der Waals surface area (Å²) in [5.74, 6) is -0.570. The molecule has 0 N–H and O–H groups in total. The van der Waals surface area contributed by atoms with E-state index in [1.807, 2.05) is 6.92 Å². The second-order valence-electron chi connectivity index (χ2n) is 5.90. The number of sulfonamides is 1. The fraction of sp³-hybridized carbons (Fsp3) is 0.167. The van der Waals surface area contributed by atoms with Crippen LogP contribution in [0, 0.1) is 6.92 Å². The minimum absolute atomic E-state index is 0.0857. The molecule has 10 heteroatoms. The van der Waals surface area contributed by atoms with Gasteiger partial charge in [0.05, 0.1) is 16.1 Å². The van der Waals surface area contributed by atoms with Gasteiger partial charge in [-0.25, -0.2) is 13.2 Å². The number of rotatable bonds is 6. The van der Waals surface area contributed by atoms with Crippen molar-refractivity contribution in [2.24, 2.45) is 0 Å². The van der Waals surface area contributed by atoms with Crippen LogP contribution < -0.4 is 4.31 Å². The average molecular weight is 438 g/mol. The molecule has 3 rings (SSSR count). The van der Waals surface area contributed by atoms with Gasteiger partial charge in [0.2, 0.25) is 0 Å². The van der Waals surface area contributed by atoms with Crippen molar-refractivity contribution in [1.29, 1.82) is 0 Å². The molecule has 0 aliphatic carbocycles. The van der Waals surface area contributed by atoms with Gasteiger partial charge in [0.15, 0.2) is 0 Å². The summed E-state index contributed by atoms with van der Waals surface area (Å²) in [6, 6.07) is 12.7. The Morgan fingerprint density at radius 2 is 1.79 bits per heavy atom. The van der Waals surface area contributed by atoms with E-state index in [1.165, 1.54) is 19.2 Å². The lowest BCUT2D eigenvalue weighted by atomic mass is 10.2. The Balaban J connectivity index is 1.71. The zero-order chi connectivity index (χ0) is 20.3. The third kappa shape index (κ3) is 4.32. The van der Waals surface area contributed by atoms with Crippen molar-refractivity contribution in [3.63, 3.8) is 0 Å². The highest BCUT2D eigenvalue weighted by atomic mass is 35.5. The molecule has 0 atom stereocenters. The maximum absolute atomic E-state index is 12.7. The molecule has 0 aliphatic rings. The number of carbonyl (C=O) groups is 1. The molecular weight excluding hydrogens is 422 g/mol. The van der Waals surface area contributed by atoms with E-state index in [2.05, 4.69) is 9.59 Å². The van der Waals surface area contributed by atoms with Crippen LogP contribution in [0.5, 0.6) is 0 Å². The summed E-state index contributed by atoms with van der Waals surface area (Å²) < 4.78 is 35.8. The normalized spacial score (nSPS) is 11.2. The number of aryl methyl sites for hydroxylation is 1. The van der Waals surface area contributed by atoms with E-state index in [0.717, 1.165) is 21.4 Å². The second-order valence-corrected chi connectivity index (χ2v) is 9.23. The van der Waals surface area contributed by atoms with Crippen LogP contribution in [0.15, 0.2) is 53.4 Å². The molecule has 146 valence electrons. The Labute approximate surface area is 171 Å². The van der Waals surface area contributed by atoms with Gasteiger partial charge in [0.25, 0.3) is 10.0 Å². The molecule has 7 nitrogen and oxygen atoms in total. The smallest absolute Gasteiger partial charge is 0.338 e. The maximum Gasteiger partial charge on any atom is 0.338 e. The largest absolute Gasteiger partial charge is 0.455 e. The summed E-state index contributed by atoms with van der Waals surface area (Å²) in [6.45, 7) is 1.80. The number of anilines is 1. The minimum atomic E-state index is -3.70. The van der Waals surface area contributed by atoms with Gasteiger partial charge in [-0.2, -0.15) is 0 Å². The highest BCUT2D eigenvalue weighted by Gasteiger charge is 2.21. The van der Waals surface area contributed by atoms with Gasteiger partial charge in [-0.1, -0.05) is 33.8 Å². The predicted octanol–water partition coefficient (Wildman–Crippen LogP) is 3.68. The standard InChI is InChI=1S/C18H16ClN3O4S2/c1-12-3-9-15(10-4-12)28(24,25)22(2)14-7-5-13(6-8-14)18(23)26-11-16-17(19)27-21-20-16/h3-10H,11H2,1-2H3. The number of benzene rings is 2. The molecule has 0 bridgehead atoms. The number of carbonyl (C=O) groups excluding carboxylic acids is 1. The van der Waals surface area contributed by atoms with Crippen LogP contribution in [-0.2, 0) is 21.4 Å². The molecule has 0 unspecified atom stereocenters. The Morgan fingerprint density at radius 3 is 2.36 bits per heavy atom. The third-order valence-electron chi connectivity index (χ3n) is 4.00. The Morgan fingerprint density at radius 1 is 1.14 bits per heavy atom. The molecule has 0 radical (unpaired) electrons. The molecule has 0 saturated heterocycles. The quantitative estimate of drug-likeness (QED) is 0.546. The van der Waals surface area contributed by atoms with Gasteiger partial charge >= 0.3 is 5.97 Å². The zero-order valence-corrected chi connectivity index (χ0v) is 17.4. The van der Waals surface area contributed by atoms with E-state index in [0.29, 0.717) is 15.7 Å². The first-order chi connectivity index (χ1) is 13.3. The lowest BCUT2D eigenvalue weighted by molar-refractivity contribution is 0.0468. The second kappa shape index (κ2) is 8.26. The van der Waals surface area contributed by atoms with Crippen LogP contribution in [0.25, 0.3) is 0 Å². The number of aromatic nitrogens is 2. The summed E-state index contributed by atoms with van der Waals surface area (Å²) in [6.07, 6.45) is 0. The fourth-order valence-corrected chi connectivity index (χ4v) is 4.11. The van der Waals surface area contributed by atoms with Crippen LogP contribution >= 0.6 is 23.1 Å². The Bertz CT molecular complexity index is 1080. The number of halogens is 1. The average Bonchev–Trinajstić information content (AvgIpc) is 3.10. The lowest BCUT2D eigenvalue weighted by Gasteiger charge is -2.19. The molecule has 28 heavy (non-hydrogen) atoms. The third-order valence-corrected chi connectivity index (χ3v) is 6.78. The summed E-state index contributed by atoms with van der Waals surface area (Å²) in [5, 5.41) is 3.77. The van der Waals surface area contributed by atoms with Crippen LogP contribution in [0.3, 0.4) is 0 Å². The molecule has 1 heterocycles. The molecule has 1 aromatic heterocycles. The van der Waals surface area contributed by atoms with Crippen molar-refractivity contribution in [1.82, 2.24) is 9.59 Å². The topological polar surface area (TPSA) is 89.5 Å². The molecule has 0 spiro atoms. The van der Waals surface area contributed by atoms with Crippen molar-refractivity contribution < 1.29 is 17.9 Å². The molecule has 2 aromatic carbocycles. The molecule has 3 aromatic rings. The Kier molecular flexibility index (Phi) is 5.97. The summed E-state index contributed by atoms with van der Waals surface area (Å²) in [5.41, 5.74) is 2.06. The highest BCUT2D eigenvalue weighted by Crippen LogP contribution is 2.23. The van der Waals surface area contributed by atoms with Gasteiger partial charge in [-0.15, -0.1) is 5.10 Å². The SMILES string of the molecule is Cc1ccc(S(=O)(=O)N(C)c2ccc(C(=O)OCc3nnsc3Cl)cc2)cc1. The highest BCUT2D eigenvalue weighted by molar-refractivity contribution is 7.92. The Hall–Kier alpha value is -2.49. The van der Waals surface area contributed by atoms with Crippen LogP contribution in [0.2, 0.25) is 4.34 Å². The molecule has 0 saturated carbocycles. The van der Waals surface area contributed by atoms with Crippen molar-refractivity contribution in [2.45, 2.75) is 18.4 Å². The van der Waals surface area contributed by atoms with Gasteiger partial charge < -0.3 is 4.74 Å². The van der Waals surface area contributed by atoms with Gasteiger partial charge in [-0.3, -0.25) is 4.31 Å². The molecule has 0 amide bonds. The van der Waals surface area contributed by atoms with E-state index in [4.69, 9.17) is 16.3 Å². The number of hydrogen-bond donors (Lipinski definition) is 0. The number of nitrogens with zero attached hydrogens (tertiary/aromatic N) is 3. The monoisotopic (exact) mass is 437 g/mol. The van der Waals surface area contributed by atoms with Crippen molar-refractivity contribution in [3.05, 3.63) is 69.7 Å². The van der Waals surface area contributed by atoms with E-state index in [9.17, 15) is 13.2 Å². The van der Waals surface area contributed by atoms with Gasteiger partial charge in [0, 0.05) is 18.6 Å². The first-order valence-corrected chi connectivity index (χ1v) is 10.7. The van der Waals surface area contributed by atoms with Crippen LogP contribution in [0.1, 0.15) is 21.6 Å². The van der Waals surface area contributed by atoms with E-state index in [-0.39, 0.29) is 17.1 Å². The zero-order valence-electron chi connectivity index (χ0n) is 15.0. The first-order valence-electron chi connectivity index (χ1n) is 8.08. The van der Waals surface area contributed by atoms with Gasteiger partial charge in [0.1, 0.15) is 16.6 Å². The lowest BCUT2D eigenvalue weighted by Crippen LogP contribution is -2.26. The fourth-order valence-electron chi connectivity index (χ4n) is 2.31. The number of ether oxygens (including phenoxy) is 1. The molecule has 0 fully saturated rings. The number of esters is 1. The minimum Gasteiger partial charge on any atom is -0.455 e. The molecular formula is C18H16ClN3O4S2. The predicted molar refractivity (Wildman–Crippen MR) is 107 cm³/mol. The first kappa shape index (κ1) is 20.2. The summed E-state index contributed by atoms with van der Waals surface area (Å²) in [4.78, 5) is 12.3. The maximum atomic E-state index is 12.7.